The smallest absolute Gasteiger partial charge is 0.328 e. The molecule has 74 valence electrons. The molecule has 0 unspecified atom stereocenters. The fourth-order valence-electron chi connectivity index (χ4n) is 1.32. The molecule has 1 N–H and O–H groups in total. The first-order valence-electron chi connectivity index (χ1n) is 4.29. The van der Waals surface area contributed by atoms with Gasteiger partial charge in [-0.25, -0.2) is 9.59 Å². The summed E-state index contributed by atoms with van der Waals surface area (Å²) in [6.45, 7) is 2.96. The molecule has 1 rings (SSSR count). The third kappa shape index (κ3) is 2.11. The molecule has 1 fully saturated rings. The minimum absolute atomic E-state index is 0.191. The molecule has 0 aliphatic carbocycles. The van der Waals surface area contributed by atoms with Crippen LogP contribution >= 0.6 is 0 Å². The van der Waals surface area contributed by atoms with Crippen molar-refractivity contribution in [3.8, 4) is 0 Å². The third-order valence-electron chi connectivity index (χ3n) is 2.12. The van der Waals surface area contributed by atoms with Crippen LogP contribution in [-0.2, 0) is 9.53 Å². The average Bonchev–Trinajstić information content (AvgIpc) is 2.16. The van der Waals surface area contributed by atoms with Gasteiger partial charge in [-0.05, 0) is 13.3 Å². The first-order valence-corrected chi connectivity index (χ1v) is 4.29. The van der Waals surface area contributed by atoms with Gasteiger partial charge in [-0.3, -0.25) is 0 Å². The standard InChI is InChI=1S/C8H14N2O3/c1-6(7(11)13-2)10-5-3-4-9-8(10)12/h6H,3-5H2,1-2H3,(H,9,12)/t6-/m0/s1. The second kappa shape index (κ2) is 4.11. The number of esters is 1. The van der Waals surface area contributed by atoms with Crippen LogP contribution in [0.25, 0.3) is 0 Å². The van der Waals surface area contributed by atoms with E-state index >= 15 is 0 Å². The van der Waals surface area contributed by atoms with Gasteiger partial charge in [0.15, 0.2) is 0 Å². The maximum atomic E-state index is 11.3. The highest BCUT2D eigenvalue weighted by atomic mass is 16.5. The molecule has 0 aromatic rings. The molecule has 5 nitrogen and oxygen atoms in total. The number of hydrogen-bond donors (Lipinski definition) is 1. The Bertz CT molecular complexity index is 217. The third-order valence-corrected chi connectivity index (χ3v) is 2.12. The molecular formula is C8H14N2O3. The maximum absolute atomic E-state index is 11.3. The Kier molecular flexibility index (Phi) is 3.11. The molecule has 0 radical (unpaired) electrons. The van der Waals surface area contributed by atoms with E-state index in [1.165, 1.54) is 12.0 Å². The van der Waals surface area contributed by atoms with Gasteiger partial charge in [0.2, 0.25) is 0 Å². The Morgan fingerprint density at radius 2 is 2.38 bits per heavy atom. The molecule has 1 atom stereocenters. The molecule has 0 bridgehead atoms. The molecule has 1 heterocycles. The first-order chi connectivity index (χ1) is 6.16. The Balaban J connectivity index is 2.58. The topological polar surface area (TPSA) is 58.6 Å². The van der Waals surface area contributed by atoms with Crippen molar-refractivity contribution >= 4 is 12.0 Å². The normalized spacial score (nSPS) is 19.2. The van der Waals surface area contributed by atoms with E-state index in [4.69, 9.17) is 0 Å². The number of rotatable bonds is 2. The quantitative estimate of drug-likeness (QED) is 0.616. The summed E-state index contributed by atoms with van der Waals surface area (Å²) in [6.07, 6.45) is 0.868. The molecule has 0 saturated carbocycles. The van der Waals surface area contributed by atoms with Crippen LogP contribution in [0.4, 0.5) is 4.79 Å². The van der Waals surface area contributed by atoms with Crippen LogP contribution in [0.2, 0.25) is 0 Å². The van der Waals surface area contributed by atoms with Crippen molar-refractivity contribution in [3.63, 3.8) is 0 Å². The number of carbonyl (C=O) groups is 2. The van der Waals surface area contributed by atoms with E-state index in [2.05, 4.69) is 10.1 Å². The van der Waals surface area contributed by atoms with E-state index in [1.54, 1.807) is 6.92 Å². The number of nitrogens with zero attached hydrogens (tertiary/aromatic N) is 1. The van der Waals surface area contributed by atoms with Crippen molar-refractivity contribution < 1.29 is 14.3 Å². The number of carbonyl (C=O) groups excluding carboxylic acids is 2. The van der Waals surface area contributed by atoms with Gasteiger partial charge >= 0.3 is 12.0 Å². The lowest BCUT2D eigenvalue weighted by molar-refractivity contribution is -0.145. The van der Waals surface area contributed by atoms with Crippen molar-refractivity contribution in [1.82, 2.24) is 10.2 Å². The maximum Gasteiger partial charge on any atom is 0.328 e. The summed E-state index contributed by atoms with van der Waals surface area (Å²) < 4.78 is 4.55. The summed E-state index contributed by atoms with van der Waals surface area (Å²) in [7, 11) is 1.32. The Morgan fingerprint density at radius 1 is 1.69 bits per heavy atom. The molecule has 1 saturated heterocycles. The zero-order chi connectivity index (χ0) is 9.84. The first kappa shape index (κ1) is 9.83. The van der Waals surface area contributed by atoms with Gasteiger partial charge < -0.3 is 15.0 Å². The van der Waals surface area contributed by atoms with E-state index < -0.39 is 6.04 Å². The van der Waals surface area contributed by atoms with Crippen LogP contribution in [0.1, 0.15) is 13.3 Å². The van der Waals surface area contributed by atoms with Gasteiger partial charge in [0, 0.05) is 13.1 Å². The number of hydrogen-bond acceptors (Lipinski definition) is 3. The second-order valence-corrected chi connectivity index (χ2v) is 2.98. The molecule has 0 aromatic carbocycles. The van der Waals surface area contributed by atoms with E-state index in [0.29, 0.717) is 13.1 Å². The van der Waals surface area contributed by atoms with Crippen LogP contribution in [0.5, 0.6) is 0 Å². The lowest BCUT2D eigenvalue weighted by Gasteiger charge is -2.31. The zero-order valence-electron chi connectivity index (χ0n) is 7.87. The number of amides is 2. The predicted octanol–water partition coefficient (Wildman–Crippen LogP) is -0.0368. The van der Waals surface area contributed by atoms with Gasteiger partial charge in [0.25, 0.3) is 0 Å². The molecular weight excluding hydrogens is 172 g/mol. The highest BCUT2D eigenvalue weighted by molar-refractivity contribution is 5.83. The molecule has 0 spiro atoms. The van der Waals surface area contributed by atoms with E-state index in [0.717, 1.165) is 6.42 Å². The minimum Gasteiger partial charge on any atom is -0.467 e. The van der Waals surface area contributed by atoms with Gasteiger partial charge in [0.05, 0.1) is 7.11 Å². The molecule has 13 heavy (non-hydrogen) atoms. The Morgan fingerprint density at radius 3 is 2.92 bits per heavy atom. The lowest BCUT2D eigenvalue weighted by Crippen LogP contribution is -2.52. The molecule has 5 heteroatoms. The lowest BCUT2D eigenvalue weighted by atomic mass is 10.2. The van der Waals surface area contributed by atoms with E-state index in [9.17, 15) is 9.59 Å². The fraction of sp³-hybridized carbons (Fsp3) is 0.750. The zero-order valence-corrected chi connectivity index (χ0v) is 7.87. The van der Waals surface area contributed by atoms with Crippen LogP contribution in [0.15, 0.2) is 0 Å². The van der Waals surface area contributed by atoms with Crippen molar-refractivity contribution in [2.24, 2.45) is 0 Å². The highest BCUT2D eigenvalue weighted by Gasteiger charge is 2.27. The summed E-state index contributed by atoms with van der Waals surface area (Å²) in [6, 6.07) is -0.686. The molecule has 1 aliphatic rings. The SMILES string of the molecule is COC(=O)[C@H](C)N1CCCNC1=O. The van der Waals surface area contributed by atoms with Crippen molar-refractivity contribution in [2.45, 2.75) is 19.4 Å². The number of nitrogens with one attached hydrogen (secondary N) is 1. The molecule has 0 aromatic heterocycles. The number of ether oxygens (including phenoxy) is 1. The Labute approximate surface area is 77.0 Å². The fourth-order valence-corrected chi connectivity index (χ4v) is 1.32. The van der Waals surface area contributed by atoms with Crippen LogP contribution < -0.4 is 5.32 Å². The highest BCUT2D eigenvalue weighted by Crippen LogP contribution is 2.06. The van der Waals surface area contributed by atoms with Crippen LogP contribution in [-0.4, -0.2) is 43.1 Å². The minimum atomic E-state index is -0.495. The van der Waals surface area contributed by atoms with Gasteiger partial charge in [-0.15, -0.1) is 0 Å². The summed E-state index contributed by atoms with van der Waals surface area (Å²) in [5.41, 5.74) is 0. The van der Waals surface area contributed by atoms with Crippen molar-refractivity contribution in [2.75, 3.05) is 20.2 Å². The van der Waals surface area contributed by atoms with Crippen LogP contribution in [0, 0.1) is 0 Å². The van der Waals surface area contributed by atoms with Crippen molar-refractivity contribution in [1.29, 1.82) is 0 Å². The van der Waals surface area contributed by atoms with Gasteiger partial charge in [-0.2, -0.15) is 0 Å². The Hall–Kier alpha value is -1.26. The van der Waals surface area contributed by atoms with Crippen molar-refractivity contribution in [3.05, 3.63) is 0 Å². The predicted molar refractivity (Wildman–Crippen MR) is 46.2 cm³/mol. The monoisotopic (exact) mass is 186 g/mol. The summed E-state index contributed by atoms with van der Waals surface area (Å²) in [4.78, 5) is 23.9. The van der Waals surface area contributed by atoms with Gasteiger partial charge in [0.1, 0.15) is 6.04 Å². The second-order valence-electron chi connectivity index (χ2n) is 2.98. The van der Waals surface area contributed by atoms with E-state index in [1.807, 2.05) is 0 Å². The molecule has 2 amide bonds. The van der Waals surface area contributed by atoms with Crippen LogP contribution in [0.3, 0.4) is 0 Å². The largest absolute Gasteiger partial charge is 0.467 e. The number of methoxy groups -OCH3 is 1. The average molecular weight is 186 g/mol. The number of urea groups is 1. The summed E-state index contributed by atoms with van der Waals surface area (Å²) in [5, 5.41) is 2.67. The molecule has 1 aliphatic heterocycles. The van der Waals surface area contributed by atoms with Gasteiger partial charge in [-0.1, -0.05) is 0 Å². The summed E-state index contributed by atoms with van der Waals surface area (Å²) >= 11 is 0. The van der Waals surface area contributed by atoms with E-state index in [-0.39, 0.29) is 12.0 Å². The summed E-state index contributed by atoms with van der Waals surface area (Å²) in [5.74, 6) is -0.378.